The average Bonchev–Trinajstić information content (AvgIpc) is 2.72. The molecule has 1 unspecified atom stereocenters. The van der Waals surface area contributed by atoms with Crippen molar-refractivity contribution in [3.05, 3.63) is 34.6 Å². The summed E-state index contributed by atoms with van der Waals surface area (Å²) in [6, 6.07) is 4.07. The molecule has 160 valence electrons. The molecule has 1 aromatic rings. The lowest BCUT2D eigenvalue weighted by Gasteiger charge is -2.44. The van der Waals surface area contributed by atoms with Gasteiger partial charge in [-0.15, -0.1) is 0 Å². The molecular weight excluding hydrogens is 409 g/mol. The number of nitrogens with zero attached hydrogens (tertiary/aromatic N) is 2. The fraction of sp³-hybridized carbons (Fsp3) is 0.545. The fourth-order valence-corrected chi connectivity index (χ4v) is 4.41. The van der Waals surface area contributed by atoms with Gasteiger partial charge in [0, 0.05) is 37.2 Å². The quantitative estimate of drug-likeness (QED) is 0.640. The number of rotatable bonds is 0. The van der Waals surface area contributed by atoms with E-state index in [2.05, 4.69) is 24.1 Å². The minimum absolute atomic E-state index is 0.00450. The van der Waals surface area contributed by atoms with Crippen LogP contribution in [0.4, 0.5) is 9.18 Å². The summed E-state index contributed by atoms with van der Waals surface area (Å²) >= 11 is 6.06. The summed E-state index contributed by atoms with van der Waals surface area (Å²) in [5.41, 5.74) is 0.379. The highest BCUT2D eigenvalue weighted by Gasteiger charge is 2.39. The predicted molar refractivity (Wildman–Crippen MR) is 110 cm³/mol. The zero-order valence-electron chi connectivity index (χ0n) is 16.9. The molecule has 0 aromatic heterocycles. The molecule has 0 bridgehead atoms. The number of piperidine rings is 2. The molecule has 3 aliphatic rings. The number of ether oxygens (including phenoxy) is 1. The first kappa shape index (κ1) is 21.0. The molecule has 2 atom stereocenters. The summed E-state index contributed by atoms with van der Waals surface area (Å²) in [4.78, 5) is 28.2. The first-order valence-electron chi connectivity index (χ1n) is 10.3. The number of benzene rings is 1. The van der Waals surface area contributed by atoms with E-state index in [1.807, 2.05) is 9.80 Å². The third kappa shape index (κ3) is 4.55. The number of hydrogen-bond acceptors (Lipinski definition) is 3. The Bertz CT molecular complexity index is 905. The van der Waals surface area contributed by atoms with Crippen LogP contribution < -0.4 is 5.32 Å². The molecule has 8 heteroatoms. The highest BCUT2D eigenvalue weighted by molar-refractivity contribution is 6.31. The van der Waals surface area contributed by atoms with Crippen LogP contribution in [0.15, 0.2) is 18.2 Å². The molecule has 0 spiro atoms. The molecule has 6 nitrogen and oxygen atoms in total. The molecule has 1 aromatic carbocycles. The second-order valence-corrected chi connectivity index (χ2v) is 8.87. The van der Waals surface area contributed by atoms with Gasteiger partial charge in [0.2, 0.25) is 5.91 Å². The van der Waals surface area contributed by atoms with Crippen molar-refractivity contribution in [2.24, 2.45) is 5.41 Å². The lowest BCUT2D eigenvalue weighted by atomic mass is 9.81. The van der Waals surface area contributed by atoms with E-state index >= 15 is 0 Å². The number of amides is 3. The summed E-state index contributed by atoms with van der Waals surface area (Å²) in [6.45, 7) is 4.53. The van der Waals surface area contributed by atoms with Crippen molar-refractivity contribution in [2.45, 2.75) is 38.3 Å². The van der Waals surface area contributed by atoms with Gasteiger partial charge in [-0.25, -0.2) is 9.18 Å². The Hall–Kier alpha value is -2.30. The zero-order chi connectivity index (χ0) is 21.3. The largest absolute Gasteiger partial charge is 0.366 e. The van der Waals surface area contributed by atoms with Crippen molar-refractivity contribution in [2.75, 3.05) is 32.8 Å². The van der Waals surface area contributed by atoms with E-state index in [1.165, 1.54) is 12.1 Å². The van der Waals surface area contributed by atoms with E-state index in [9.17, 15) is 14.0 Å². The van der Waals surface area contributed by atoms with Crippen molar-refractivity contribution < 1.29 is 18.7 Å². The van der Waals surface area contributed by atoms with Crippen LogP contribution in [-0.4, -0.2) is 66.7 Å². The van der Waals surface area contributed by atoms with Crippen LogP contribution in [0.2, 0.25) is 5.02 Å². The van der Waals surface area contributed by atoms with E-state index in [4.69, 9.17) is 16.3 Å². The fourth-order valence-electron chi connectivity index (χ4n) is 4.20. The van der Waals surface area contributed by atoms with Crippen molar-refractivity contribution in [1.82, 2.24) is 15.1 Å². The second kappa shape index (κ2) is 8.44. The van der Waals surface area contributed by atoms with Crippen molar-refractivity contribution in [3.63, 3.8) is 0 Å². The van der Waals surface area contributed by atoms with Gasteiger partial charge in [-0.3, -0.25) is 4.79 Å². The Morgan fingerprint density at radius 1 is 1.30 bits per heavy atom. The van der Waals surface area contributed by atoms with E-state index in [-0.39, 0.29) is 41.9 Å². The summed E-state index contributed by atoms with van der Waals surface area (Å²) in [7, 11) is 0. The minimum atomic E-state index is -0.382. The number of morpholine rings is 1. The molecule has 1 N–H and O–H groups in total. The number of nitrogens with one attached hydrogen (secondary N) is 1. The summed E-state index contributed by atoms with van der Waals surface area (Å²) in [6.07, 6.45) is 2.23. The van der Waals surface area contributed by atoms with Crippen LogP contribution in [0.3, 0.4) is 0 Å². The van der Waals surface area contributed by atoms with Crippen LogP contribution in [0, 0.1) is 23.1 Å². The highest BCUT2D eigenvalue weighted by atomic mass is 35.5. The number of carbonyl (C=O) groups excluding carboxylic acids is 2. The van der Waals surface area contributed by atoms with E-state index < -0.39 is 0 Å². The SMILES string of the molecule is CC1(C#Cc2ccc(F)cc2Cl)CCN(C(=O)N2CC[C@@H]3OCC(=O)NC3C2)CC1. The van der Waals surface area contributed by atoms with E-state index in [1.54, 1.807) is 6.07 Å². The van der Waals surface area contributed by atoms with Gasteiger partial charge in [-0.1, -0.05) is 23.4 Å². The maximum Gasteiger partial charge on any atom is 0.320 e. The maximum absolute atomic E-state index is 13.2. The summed E-state index contributed by atoms with van der Waals surface area (Å²) < 4.78 is 18.8. The average molecular weight is 434 g/mol. The molecule has 3 heterocycles. The van der Waals surface area contributed by atoms with Gasteiger partial charge >= 0.3 is 6.03 Å². The van der Waals surface area contributed by atoms with Crippen LogP contribution in [0.1, 0.15) is 31.7 Å². The summed E-state index contributed by atoms with van der Waals surface area (Å²) in [5, 5.41) is 3.24. The first-order valence-corrected chi connectivity index (χ1v) is 10.6. The molecule has 0 radical (unpaired) electrons. The standard InChI is InChI=1S/C22H25ClFN3O3/c1-22(6-4-15-2-3-16(24)12-17(15)23)7-10-26(11-8-22)21(29)27-9-5-19-18(13-27)25-20(28)14-30-19/h2-3,12,18-19H,5,7-11,13-14H2,1H3,(H,25,28)/t18?,19-/m0/s1. The molecule has 3 amide bonds. The number of fused-ring (bicyclic) bond motifs is 1. The van der Waals surface area contributed by atoms with Gasteiger partial charge in [-0.05, 0) is 44.4 Å². The topological polar surface area (TPSA) is 61.9 Å². The zero-order valence-corrected chi connectivity index (χ0v) is 17.7. The molecule has 3 saturated heterocycles. The van der Waals surface area contributed by atoms with Gasteiger partial charge in [0.15, 0.2) is 0 Å². The molecule has 0 aliphatic carbocycles. The Balaban J connectivity index is 1.34. The monoisotopic (exact) mass is 433 g/mol. The molecule has 0 saturated carbocycles. The van der Waals surface area contributed by atoms with E-state index in [0.29, 0.717) is 36.8 Å². The van der Waals surface area contributed by atoms with Gasteiger partial charge < -0.3 is 19.9 Å². The Morgan fingerprint density at radius 3 is 2.80 bits per heavy atom. The summed E-state index contributed by atoms with van der Waals surface area (Å²) in [5.74, 6) is 5.85. The molecule has 30 heavy (non-hydrogen) atoms. The normalized spacial score (nSPS) is 25.6. The number of halogens is 2. The molecule has 4 rings (SSSR count). The minimum Gasteiger partial charge on any atom is -0.366 e. The van der Waals surface area contributed by atoms with Crippen molar-refractivity contribution >= 4 is 23.5 Å². The van der Waals surface area contributed by atoms with Gasteiger partial charge in [0.25, 0.3) is 0 Å². The lowest BCUT2D eigenvalue weighted by Crippen LogP contribution is -2.62. The smallest absolute Gasteiger partial charge is 0.320 e. The Morgan fingerprint density at radius 2 is 2.07 bits per heavy atom. The molecular formula is C22H25ClFN3O3. The molecule has 3 aliphatic heterocycles. The number of carbonyl (C=O) groups is 2. The molecule has 3 fully saturated rings. The van der Waals surface area contributed by atoms with Crippen molar-refractivity contribution in [3.8, 4) is 11.8 Å². The first-order chi connectivity index (χ1) is 14.3. The predicted octanol–water partition coefficient (Wildman–Crippen LogP) is 2.64. The van der Waals surface area contributed by atoms with Gasteiger partial charge in [0.05, 0.1) is 17.2 Å². The third-order valence-corrected chi connectivity index (χ3v) is 6.48. The lowest BCUT2D eigenvalue weighted by molar-refractivity contribution is -0.139. The Kier molecular flexibility index (Phi) is 5.90. The third-order valence-electron chi connectivity index (χ3n) is 6.16. The second-order valence-electron chi connectivity index (χ2n) is 8.46. The van der Waals surface area contributed by atoms with Gasteiger partial charge in [0.1, 0.15) is 12.4 Å². The van der Waals surface area contributed by atoms with Crippen LogP contribution in [0.5, 0.6) is 0 Å². The van der Waals surface area contributed by atoms with Crippen LogP contribution in [0.25, 0.3) is 0 Å². The number of hydrogen-bond donors (Lipinski definition) is 1. The van der Waals surface area contributed by atoms with Gasteiger partial charge in [-0.2, -0.15) is 0 Å². The maximum atomic E-state index is 13.2. The highest BCUT2D eigenvalue weighted by Crippen LogP contribution is 2.31. The van der Waals surface area contributed by atoms with Crippen LogP contribution >= 0.6 is 11.6 Å². The number of urea groups is 1. The Labute approximate surface area is 180 Å². The van der Waals surface area contributed by atoms with Crippen molar-refractivity contribution in [1.29, 1.82) is 0 Å². The van der Waals surface area contributed by atoms with E-state index in [0.717, 1.165) is 19.3 Å². The number of likely N-dealkylation sites (tertiary alicyclic amines) is 2. The van der Waals surface area contributed by atoms with Crippen LogP contribution in [-0.2, 0) is 9.53 Å².